The number of hydrogen-bond donors (Lipinski definition) is 4. The van der Waals surface area contributed by atoms with Gasteiger partial charge in [0.2, 0.25) is 0 Å². The second-order valence-electron chi connectivity index (χ2n) is 4.68. The van der Waals surface area contributed by atoms with Gasteiger partial charge in [-0.25, -0.2) is 9.59 Å². The van der Waals surface area contributed by atoms with Crippen LogP contribution in [0.15, 0.2) is 27.5 Å². The number of rotatable bonds is 5. The largest absolute Gasteiger partial charge is 0.493 e. The SMILES string of the molecule is CCOc1ccc(-c2c(C(=O)O)c(N)[nH]c(=O)c2C(=O)O)cc1Br. The van der Waals surface area contributed by atoms with Gasteiger partial charge < -0.3 is 25.7 Å². The number of nitrogens with two attached hydrogens (primary N) is 1. The van der Waals surface area contributed by atoms with Gasteiger partial charge in [0.25, 0.3) is 5.56 Å². The van der Waals surface area contributed by atoms with Gasteiger partial charge in [0.15, 0.2) is 0 Å². The molecule has 0 fully saturated rings. The molecule has 24 heavy (non-hydrogen) atoms. The minimum atomic E-state index is -1.56. The number of carbonyl (C=O) groups is 2. The van der Waals surface area contributed by atoms with Gasteiger partial charge in [-0.3, -0.25) is 4.79 Å². The van der Waals surface area contributed by atoms with E-state index < -0.39 is 34.4 Å². The number of ether oxygens (including phenoxy) is 1. The highest BCUT2D eigenvalue weighted by Crippen LogP contribution is 2.34. The van der Waals surface area contributed by atoms with Crippen LogP contribution in [-0.2, 0) is 0 Å². The van der Waals surface area contributed by atoms with E-state index in [1.165, 1.54) is 18.2 Å². The molecule has 0 amide bonds. The first-order valence-corrected chi connectivity index (χ1v) is 7.52. The maximum absolute atomic E-state index is 12.0. The minimum Gasteiger partial charge on any atom is -0.493 e. The van der Waals surface area contributed by atoms with Crippen LogP contribution in [0.4, 0.5) is 5.82 Å². The molecule has 2 rings (SSSR count). The second kappa shape index (κ2) is 6.75. The van der Waals surface area contributed by atoms with E-state index in [0.717, 1.165) is 0 Å². The molecule has 0 radical (unpaired) electrons. The van der Waals surface area contributed by atoms with E-state index in [4.69, 9.17) is 10.5 Å². The van der Waals surface area contributed by atoms with Crippen LogP contribution in [0.3, 0.4) is 0 Å². The van der Waals surface area contributed by atoms with Crippen molar-refractivity contribution in [3.8, 4) is 16.9 Å². The maximum atomic E-state index is 12.0. The lowest BCUT2D eigenvalue weighted by atomic mass is 9.95. The summed E-state index contributed by atoms with van der Waals surface area (Å²) in [6.07, 6.45) is 0. The highest BCUT2D eigenvalue weighted by molar-refractivity contribution is 9.10. The molecule has 1 aromatic heterocycles. The Balaban J connectivity index is 2.86. The molecular formula is C15H13BrN2O6. The molecule has 0 aliphatic heterocycles. The van der Waals surface area contributed by atoms with E-state index in [1.807, 2.05) is 0 Å². The molecule has 0 aliphatic carbocycles. The molecule has 0 saturated carbocycles. The number of nitrogen functional groups attached to an aromatic ring is 1. The summed E-state index contributed by atoms with van der Waals surface area (Å²) in [4.78, 5) is 37.0. The van der Waals surface area contributed by atoms with E-state index in [1.54, 1.807) is 6.92 Å². The molecule has 1 aromatic carbocycles. The van der Waals surface area contributed by atoms with Crippen molar-refractivity contribution in [3.05, 3.63) is 44.2 Å². The van der Waals surface area contributed by atoms with E-state index in [-0.39, 0.29) is 11.1 Å². The molecule has 0 unspecified atom stereocenters. The Morgan fingerprint density at radius 2 is 1.88 bits per heavy atom. The number of benzene rings is 1. The van der Waals surface area contributed by atoms with E-state index >= 15 is 0 Å². The van der Waals surface area contributed by atoms with Crippen LogP contribution in [0, 0.1) is 0 Å². The van der Waals surface area contributed by atoms with E-state index in [0.29, 0.717) is 16.8 Å². The van der Waals surface area contributed by atoms with Crippen LogP contribution in [0.2, 0.25) is 0 Å². The Labute approximate surface area is 144 Å². The Hall–Kier alpha value is -2.81. The van der Waals surface area contributed by atoms with Crippen LogP contribution in [0.1, 0.15) is 27.6 Å². The predicted molar refractivity (Wildman–Crippen MR) is 89.7 cm³/mol. The summed E-state index contributed by atoms with van der Waals surface area (Å²) in [5.41, 5.74) is 3.36. The number of anilines is 1. The maximum Gasteiger partial charge on any atom is 0.342 e. The van der Waals surface area contributed by atoms with E-state index in [2.05, 4.69) is 20.9 Å². The number of H-pyrrole nitrogens is 1. The van der Waals surface area contributed by atoms with Gasteiger partial charge in [-0.15, -0.1) is 0 Å². The zero-order chi connectivity index (χ0) is 18.0. The highest BCUT2D eigenvalue weighted by atomic mass is 79.9. The standard InChI is InChI=1S/C15H13BrN2O6/c1-2-24-8-4-3-6(5-7(8)16)9-10(14(20)21)12(17)18-13(19)11(9)15(22)23/h3-5H,2H2,1H3,(H,20,21)(H,22,23)(H3,17,18,19). The second-order valence-corrected chi connectivity index (χ2v) is 5.54. The smallest absolute Gasteiger partial charge is 0.342 e. The number of aromatic amines is 1. The van der Waals surface area contributed by atoms with Crippen LogP contribution in [-0.4, -0.2) is 33.7 Å². The third-order valence-electron chi connectivity index (χ3n) is 3.19. The molecular weight excluding hydrogens is 384 g/mol. The number of hydrogen-bond acceptors (Lipinski definition) is 5. The summed E-state index contributed by atoms with van der Waals surface area (Å²) in [5.74, 6) is -2.93. The fraction of sp³-hybridized carbons (Fsp3) is 0.133. The predicted octanol–water partition coefficient (Wildman–Crippen LogP) is 2.18. The van der Waals surface area contributed by atoms with Crippen molar-refractivity contribution in [3.63, 3.8) is 0 Å². The molecule has 0 spiro atoms. The van der Waals surface area contributed by atoms with Crippen molar-refractivity contribution in [2.45, 2.75) is 6.92 Å². The number of halogens is 1. The summed E-state index contributed by atoms with van der Waals surface area (Å²) in [5, 5.41) is 18.7. The molecule has 126 valence electrons. The van der Waals surface area contributed by atoms with Crippen molar-refractivity contribution in [2.24, 2.45) is 0 Å². The molecule has 0 bridgehead atoms. The third kappa shape index (κ3) is 3.11. The molecule has 5 N–H and O–H groups in total. The normalized spacial score (nSPS) is 10.4. The van der Waals surface area contributed by atoms with Gasteiger partial charge in [-0.2, -0.15) is 0 Å². The number of carboxylic acid groups (broad SMARTS) is 2. The molecule has 1 heterocycles. The zero-order valence-corrected chi connectivity index (χ0v) is 14.0. The van der Waals surface area contributed by atoms with Gasteiger partial charge in [0.05, 0.1) is 11.1 Å². The fourth-order valence-electron chi connectivity index (χ4n) is 2.26. The van der Waals surface area contributed by atoms with Gasteiger partial charge in [0.1, 0.15) is 22.7 Å². The summed E-state index contributed by atoms with van der Waals surface area (Å²) in [7, 11) is 0. The molecule has 0 aliphatic rings. The Morgan fingerprint density at radius 1 is 1.25 bits per heavy atom. The summed E-state index contributed by atoms with van der Waals surface area (Å²) in [6, 6.07) is 4.47. The number of carboxylic acids is 2. The highest BCUT2D eigenvalue weighted by Gasteiger charge is 2.26. The van der Waals surface area contributed by atoms with Crippen molar-refractivity contribution in [2.75, 3.05) is 12.3 Å². The number of aromatic carboxylic acids is 2. The third-order valence-corrected chi connectivity index (χ3v) is 3.81. The fourth-order valence-corrected chi connectivity index (χ4v) is 2.76. The molecule has 9 heteroatoms. The molecule has 8 nitrogen and oxygen atoms in total. The average molecular weight is 397 g/mol. The lowest BCUT2D eigenvalue weighted by Crippen LogP contribution is -2.24. The van der Waals surface area contributed by atoms with Gasteiger partial charge in [0, 0.05) is 5.56 Å². The first-order chi connectivity index (χ1) is 11.3. The van der Waals surface area contributed by atoms with E-state index in [9.17, 15) is 24.6 Å². The average Bonchev–Trinajstić information content (AvgIpc) is 2.47. The quantitative estimate of drug-likeness (QED) is 0.606. The van der Waals surface area contributed by atoms with Gasteiger partial charge in [-0.1, -0.05) is 6.07 Å². The first kappa shape index (κ1) is 17.5. The lowest BCUT2D eigenvalue weighted by Gasteiger charge is -2.13. The topological polar surface area (TPSA) is 143 Å². The van der Waals surface area contributed by atoms with Crippen molar-refractivity contribution in [1.82, 2.24) is 4.98 Å². The Bertz CT molecular complexity index is 890. The van der Waals surface area contributed by atoms with Gasteiger partial charge in [-0.05, 0) is 40.5 Å². The minimum absolute atomic E-state index is 0.206. The number of aromatic nitrogens is 1. The van der Waals surface area contributed by atoms with Crippen LogP contribution < -0.4 is 16.0 Å². The first-order valence-electron chi connectivity index (χ1n) is 6.73. The lowest BCUT2D eigenvalue weighted by molar-refractivity contribution is 0.0695. The van der Waals surface area contributed by atoms with Crippen LogP contribution >= 0.6 is 15.9 Å². The monoisotopic (exact) mass is 396 g/mol. The molecule has 0 atom stereocenters. The molecule has 2 aromatic rings. The molecule has 0 saturated heterocycles. The van der Waals surface area contributed by atoms with Crippen molar-refractivity contribution in [1.29, 1.82) is 0 Å². The number of pyridine rings is 1. The van der Waals surface area contributed by atoms with Crippen molar-refractivity contribution < 1.29 is 24.5 Å². The number of nitrogens with one attached hydrogen (secondary N) is 1. The Kier molecular flexibility index (Phi) is 4.93. The summed E-state index contributed by atoms with van der Waals surface area (Å²) < 4.78 is 5.84. The summed E-state index contributed by atoms with van der Waals surface area (Å²) >= 11 is 3.27. The summed E-state index contributed by atoms with van der Waals surface area (Å²) in [6.45, 7) is 2.21. The zero-order valence-electron chi connectivity index (χ0n) is 12.4. The van der Waals surface area contributed by atoms with Crippen molar-refractivity contribution >= 4 is 33.7 Å². The van der Waals surface area contributed by atoms with Gasteiger partial charge >= 0.3 is 11.9 Å². The Morgan fingerprint density at radius 3 is 2.38 bits per heavy atom. The van der Waals surface area contributed by atoms with Crippen LogP contribution in [0.25, 0.3) is 11.1 Å². The van der Waals surface area contributed by atoms with Crippen LogP contribution in [0.5, 0.6) is 5.75 Å².